The molecular weight excluding hydrogens is 196 g/mol. The van der Waals surface area contributed by atoms with Crippen LogP contribution in [0.2, 0.25) is 0 Å². The first-order valence-electron chi connectivity index (χ1n) is 5.52. The summed E-state index contributed by atoms with van der Waals surface area (Å²) in [6.07, 6.45) is 0. The predicted molar refractivity (Wildman–Crippen MR) is 69.8 cm³/mol. The maximum atomic E-state index is 4.63. The first-order valence-corrected chi connectivity index (χ1v) is 5.52. The Labute approximate surface area is 95.0 Å². The Kier molecular flexibility index (Phi) is 1.81. The van der Waals surface area contributed by atoms with Crippen molar-refractivity contribution < 1.29 is 0 Å². The summed E-state index contributed by atoms with van der Waals surface area (Å²) in [4.78, 5) is 4.63. The van der Waals surface area contributed by atoms with Gasteiger partial charge in [0.05, 0.1) is 5.69 Å². The predicted octanol–water partition coefficient (Wildman–Crippen LogP) is 3.93. The molecule has 1 aliphatic rings. The molecular formula is C14H14N2. The van der Waals surface area contributed by atoms with E-state index in [0.717, 1.165) is 11.5 Å². The topological polar surface area (TPSA) is 24.4 Å². The van der Waals surface area contributed by atoms with E-state index in [1.165, 1.54) is 27.6 Å². The molecule has 80 valence electrons. The summed E-state index contributed by atoms with van der Waals surface area (Å²) >= 11 is 0. The fourth-order valence-corrected chi connectivity index (χ4v) is 2.30. The molecule has 2 nitrogen and oxygen atoms in total. The smallest absolute Gasteiger partial charge is 0.103 e. The van der Waals surface area contributed by atoms with E-state index in [0.29, 0.717) is 0 Å². The lowest BCUT2D eigenvalue weighted by atomic mass is 9.98. The number of aryl methyl sites for hydroxylation is 1. The second-order valence-corrected chi connectivity index (χ2v) is 4.39. The van der Waals surface area contributed by atoms with E-state index in [9.17, 15) is 0 Å². The lowest BCUT2D eigenvalue weighted by Gasteiger charge is -2.19. The van der Waals surface area contributed by atoms with Crippen molar-refractivity contribution in [3.05, 3.63) is 35.4 Å². The fourth-order valence-electron chi connectivity index (χ4n) is 2.30. The summed E-state index contributed by atoms with van der Waals surface area (Å²) in [6, 6.07) is 8.57. The lowest BCUT2D eigenvalue weighted by Crippen LogP contribution is -2.10. The van der Waals surface area contributed by atoms with Crippen LogP contribution in [0.3, 0.4) is 0 Å². The van der Waals surface area contributed by atoms with Crippen molar-refractivity contribution in [1.82, 2.24) is 0 Å². The third-order valence-electron chi connectivity index (χ3n) is 3.25. The third-order valence-corrected chi connectivity index (χ3v) is 3.25. The first-order chi connectivity index (χ1) is 7.66. The molecule has 2 heteroatoms. The van der Waals surface area contributed by atoms with Gasteiger partial charge in [-0.3, -0.25) is 0 Å². The highest BCUT2D eigenvalue weighted by atomic mass is 15.0. The highest BCUT2D eigenvalue weighted by Gasteiger charge is 2.15. The molecule has 2 aromatic rings. The summed E-state index contributed by atoms with van der Waals surface area (Å²) in [5, 5.41) is 5.83. The van der Waals surface area contributed by atoms with Crippen LogP contribution < -0.4 is 5.32 Å². The minimum absolute atomic E-state index is 0.966. The quantitative estimate of drug-likeness (QED) is 0.700. The van der Waals surface area contributed by atoms with Crippen LogP contribution in [-0.4, -0.2) is 5.84 Å². The van der Waals surface area contributed by atoms with E-state index < -0.39 is 0 Å². The monoisotopic (exact) mass is 210 g/mol. The lowest BCUT2D eigenvalue weighted by molar-refractivity contribution is 1.32. The molecule has 0 saturated heterocycles. The normalized spacial score (nSPS) is 13.6. The van der Waals surface area contributed by atoms with Crippen LogP contribution in [-0.2, 0) is 0 Å². The Morgan fingerprint density at radius 2 is 1.94 bits per heavy atom. The molecule has 0 fully saturated rings. The second kappa shape index (κ2) is 3.08. The van der Waals surface area contributed by atoms with Crippen LogP contribution in [0.25, 0.3) is 10.8 Å². The number of nitrogens with zero attached hydrogens (tertiary/aromatic N) is 1. The van der Waals surface area contributed by atoms with Crippen LogP contribution in [0.15, 0.2) is 29.3 Å². The summed E-state index contributed by atoms with van der Waals surface area (Å²) in [7, 11) is 0. The van der Waals surface area contributed by atoms with Gasteiger partial charge in [0.15, 0.2) is 0 Å². The SMILES string of the molecule is CC1=Nc2c(C)c(C)cc3cccc(c23)N1. The zero-order valence-corrected chi connectivity index (χ0v) is 9.76. The van der Waals surface area contributed by atoms with Crippen LogP contribution >= 0.6 is 0 Å². The summed E-state index contributed by atoms with van der Waals surface area (Å²) in [5.41, 5.74) is 4.88. The number of hydrogen-bond donors (Lipinski definition) is 1. The van der Waals surface area contributed by atoms with E-state index in [1.54, 1.807) is 0 Å². The molecule has 0 aromatic heterocycles. The number of nitrogens with one attached hydrogen (secondary N) is 1. The molecule has 0 atom stereocenters. The number of hydrogen-bond acceptors (Lipinski definition) is 2. The molecule has 0 radical (unpaired) electrons. The molecule has 1 heterocycles. The summed E-state index contributed by atoms with van der Waals surface area (Å²) in [5.74, 6) is 0.966. The van der Waals surface area contributed by atoms with E-state index in [2.05, 4.69) is 48.4 Å². The van der Waals surface area contributed by atoms with Crippen LogP contribution in [0.5, 0.6) is 0 Å². The maximum Gasteiger partial charge on any atom is 0.103 e. The van der Waals surface area contributed by atoms with Gasteiger partial charge in [-0.15, -0.1) is 0 Å². The minimum atomic E-state index is 0.966. The number of rotatable bonds is 0. The van der Waals surface area contributed by atoms with Gasteiger partial charge in [-0.25, -0.2) is 4.99 Å². The van der Waals surface area contributed by atoms with E-state index in [-0.39, 0.29) is 0 Å². The van der Waals surface area contributed by atoms with E-state index in [4.69, 9.17) is 0 Å². The molecule has 0 spiro atoms. The standard InChI is InChI=1S/C14H14N2/c1-8-7-11-5-4-6-12-13(11)14(9(8)2)16-10(3)15-12/h4-7H,1-3H3,(H,15,16). The molecule has 0 unspecified atom stereocenters. The van der Waals surface area contributed by atoms with Crippen molar-refractivity contribution in [2.24, 2.45) is 4.99 Å². The molecule has 0 bridgehead atoms. The van der Waals surface area contributed by atoms with Gasteiger partial charge >= 0.3 is 0 Å². The molecule has 2 aromatic carbocycles. The number of amidine groups is 1. The van der Waals surface area contributed by atoms with Crippen molar-refractivity contribution in [2.45, 2.75) is 20.8 Å². The first kappa shape index (κ1) is 9.40. The number of aliphatic imine (C=N–C) groups is 1. The third kappa shape index (κ3) is 1.16. The van der Waals surface area contributed by atoms with Gasteiger partial charge in [0.2, 0.25) is 0 Å². The highest BCUT2D eigenvalue weighted by molar-refractivity contribution is 6.13. The van der Waals surface area contributed by atoms with E-state index >= 15 is 0 Å². The fraction of sp³-hybridized carbons (Fsp3) is 0.214. The Hall–Kier alpha value is -1.83. The molecule has 0 saturated carbocycles. The van der Waals surface area contributed by atoms with Gasteiger partial charge in [-0.2, -0.15) is 0 Å². The highest BCUT2D eigenvalue weighted by Crippen LogP contribution is 2.39. The summed E-state index contributed by atoms with van der Waals surface area (Å²) < 4.78 is 0. The Morgan fingerprint density at radius 1 is 1.12 bits per heavy atom. The van der Waals surface area contributed by atoms with Crippen LogP contribution in [0.1, 0.15) is 18.1 Å². The largest absolute Gasteiger partial charge is 0.343 e. The zero-order chi connectivity index (χ0) is 11.3. The molecule has 3 rings (SSSR count). The van der Waals surface area contributed by atoms with Crippen LogP contribution in [0.4, 0.5) is 11.4 Å². The molecule has 0 amide bonds. The zero-order valence-electron chi connectivity index (χ0n) is 9.76. The van der Waals surface area contributed by atoms with Crippen LogP contribution in [0, 0.1) is 13.8 Å². The second-order valence-electron chi connectivity index (χ2n) is 4.39. The van der Waals surface area contributed by atoms with Crippen molar-refractivity contribution in [1.29, 1.82) is 0 Å². The molecule has 0 aliphatic carbocycles. The van der Waals surface area contributed by atoms with Crippen molar-refractivity contribution in [3.8, 4) is 0 Å². The van der Waals surface area contributed by atoms with Crippen molar-refractivity contribution >= 4 is 28.0 Å². The molecule has 1 aliphatic heterocycles. The van der Waals surface area contributed by atoms with Gasteiger partial charge in [0.1, 0.15) is 5.84 Å². The Morgan fingerprint density at radius 3 is 2.75 bits per heavy atom. The average molecular weight is 210 g/mol. The van der Waals surface area contributed by atoms with E-state index in [1.807, 2.05) is 6.92 Å². The Balaban J connectivity index is 2.54. The van der Waals surface area contributed by atoms with Gasteiger partial charge in [0.25, 0.3) is 0 Å². The number of benzene rings is 2. The molecule has 1 N–H and O–H groups in total. The Bertz CT molecular complexity index is 624. The number of anilines is 1. The van der Waals surface area contributed by atoms with Crippen molar-refractivity contribution in [3.63, 3.8) is 0 Å². The van der Waals surface area contributed by atoms with Gasteiger partial charge in [-0.05, 0) is 43.4 Å². The minimum Gasteiger partial charge on any atom is -0.343 e. The van der Waals surface area contributed by atoms with Gasteiger partial charge in [0, 0.05) is 11.1 Å². The van der Waals surface area contributed by atoms with Crippen molar-refractivity contribution in [2.75, 3.05) is 5.32 Å². The molecule has 16 heavy (non-hydrogen) atoms. The summed E-state index contributed by atoms with van der Waals surface area (Å²) in [6.45, 7) is 6.29. The van der Waals surface area contributed by atoms with Gasteiger partial charge in [-0.1, -0.05) is 18.2 Å². The maximum absolute atomic E-state index is 4.63. The van der Waals surface area contributed by atoms with Gasteiger partial charge < -0.3 is 5.32 Å². The average Bonchev–Trinajstić information content (AvgIpc) is 2.25.